The number of nitrogens with one attached hydrogen (secondary N) is 3. The van der Waals surface area contributed by atoms with E-state index < -0.39 is 37.0 Å². The van der Waals surface area contributed by atoms with Gasteiger partial charge in [-0.2, -0.15) is 0 Å². The predicted molar refractivity (Wildman–Crippen MR) is 120 cm³/mol. The highest BCUT2D eigenvalue weighted by Crippen LogP contribution is 2.28. The molecule has 1 saturated carbocycles. The van der Waals surface area contributed by atoms with E-state index in [4.69, 9.17) is 14.2 Å². The molecule has 0 bridgehead atoms. The largest absolute Gasteiger partial charge is 0.490 e. The molecule has 1 aromatic rings. The summed E-state index contributed by atoms with van der Waals surface area (Å²) in [4.78, 5) is 48.0. The van der Waals surface area contributed by atoms with Crippen LogP contribution in [0.4, 0.5) is 4.79 Å². The Morgan fingerprint density at radius 1 is 1.00 bits per heavy atom. The number of hydrogen-bond acceptors (Lipinski definition) is 7. The summed E-state index contributed by atoms with van der Waals surface area (Å²) in [6, 6.07) is 4.10. The van der Waals surface area contributed by atoms with Crippen LogP contribution in [0.2, 0.25) is 0 Å². The van der Waals surface area contributed by atoms with Gasteiger partial charge in [-0.1, -0.05) is 19.8 Å². The average Bonchev–Trinajstić information content (AvgIpc) is 2.79. The first-order valence-electron chi connectivity index (χ1n) is 11.3. The molecular weight excluding hydrogens is 430 g/mol. The van der Waals surface area contributed by atoms with Crippen molar-refractivity contribution in [2.75, 3.05) is 26.4 Å². The Morgan fingerprint density at radius 2 is 1.70 bits per heavy atom. The topological polar surface area (TPSA) is 132 Å². The monoisotopic (exact) mass is 463 g/mol. The summed E-state index contributed by atoms with van der Waals surface area (Å²) in [6.07, 6.45) is 4.08. The van der Waals surface area contributed by atoms with Gasteiger partial charge in [-0.3, -0.25) is 19.7 Å². The quantitative estimate of drug-likeness (QED) is 0.453. The van der Waals surface area contributed by atoms with Crippen LogP contribution in [0.1, 0.15) is 56.8 Å². The third-order valence-corrected chi connectivity index (χ3v) is 5.24. The lowest BCUT2D eigenvalue weighted by Crippen LogP contribution is -2.48. The predicted octanol–water partition coefficient (Wildman–Crippen LogP) is 2.16. The van der Waals surface area contributed by atoms with Crippen molar-refractivity contribution in [1.29, 1.82) is 0 Å². The molecular formula is C23H33N3O7. The number of amides is 4. The lowest BCUT2D eigenvalue weighted by molar-refractivity contribution is -0.147. The Morgan fingerprint density at radius 3 is 2.39 bits per heavy atom. The van der Waals surface area contributed by atoms with Crippen molar-refractivity contribution in [3.05, 3.63) is 23.8 Å². The average molecular weight is 464 g/mol. The normalized spacial score (nSPS) is 17.4. The van der Waals surface area contributed by atoms with E-state index in [1.807, 2.05) is 13.8 Å². The third kappa shape index (κ3) is 8.63. The van der Waals surface area contributed by atoms with Gasteiger partial charge in [0.1, 0.15) is 6.54 Å². The molecule has 1 aromatic carbocycles. The number of carbonyl (C=O) groups is 4. The van der Waals surface area contributed by atoms with E-state index in [9.17, 15) is 19.2 Å². The fraction of sp³-hybridized carbons (Fsp3) is 0.565. The van der Waals surface area contributed by atoms with Crippen molar-refractivity contribution in [3.8, 4) is 11.5 Å². The molecule has 0 aromatic heterocycles. The van der Waals surface area contributed by atoms with Crippen LogP contribution in [0.15, 0.2) is 18.2 Å². The van der Waals surface area contributed by atoms with Crippen LogP contribution in [-0.4, -0.2) is 56.2 Å². The van der Waals surface area contributed by atoms with Crippen molar-refractivity contribution < 1.29 is 33.4 Å². The molecule has 2 unspecified atom stereocenters. The molecule has 1 aliphatic rings. The van der Waals surface area contributed by atoms with Crippen LogP contribution in [0.3, 0.4) is 0 Å². The number of carbonyl (C=O) groups excluding carboxylic acids is 4. The molecule has 10 nitrogen and oxygen atoms in total. The van der Waals surface area contributed by atoms with Gasteiger partial charge < -0.3 is 24.8 Å². The first-order valence-corrected chi connectivity index (χ1v) is 11.3. The first-order chi connectivity index (χ1) is 15.8. The molecule has 0 saturated heterocycles. The van der Waals surface area contributed by atoms with E-state index in [2.05, 4.69) is 22.9 Å². The van der Waals surface area contributed by atoms with Gasteiger partial charge in [-0.25, -0.2) is 4.79 Å². The molecule has 182 valence electrons. The first kappa shape index (κ1) is 26.0. The molecule has 0 heterocycles. The van der Waals surface area contributed by atoms with Crippen LogP contribution in [-0.2, 0) is 14.3 Å². The summed E-state index contributed by atoms with van der Waals surface area (Å²) in [7, 11) is 0. The molecule has 2 rings (SSSR count). The van der Waals surface area contributed by atoms with Gasteiger partial charge in [0.25, 0.3) is 11.8 Å². The zero-order valence-corrected chi connectivity index (χ0v) is 19.4. The third-order valence-electron chi connectivity index (χ3n) is 5.24. The molecule has 0 spiro atoms. The van der Waals surface area contributed by atoms with Gasteiger partial charge in [0.15, 0.2) is 18.1 Å². The second-order valence-corrected chi connectivity index (χ2v) is 7.76. The smallest absolute Gasteiger partial charge is 0.325 e. The highest BCUT2D eigenvalue weighted by atomic mass is 16.5. The second kappa shape index (κ2) is 13.3. The fourth-order valence-electron chi connectivity index (χ4n) is 3.54. The van der Waals surface area contributed by atoms with Gasteiger partial charge in [0.2, 0.25) is 0 Å². The summed E-state index contributed by atoms with van der Waals surface area (Å²) < 4.78 is 15.8. The number of hydrogen-bond donors (Lipinski definition) is 3. The minimum atomic E-state index is -0.809. The standard InChI is InChI=1S/C23H33N3O7/c1-4-31-18-11-10-16(12-19(18)32-5-2)22(29)24-13-21(28)33-14-20(27)26-23(30)25-17-9-7-6-8-15(17)3/h10-12,15,17H,4-9,13-14H2,1-3H3,(H,24,29)(H2,25,26,27,30). The molecule has 0 aliphatic heterocycles. The Kier molecular flexibility index (Phi) is 10.5. The van der Waals surface area contributed by atoms with Crippen molar-refractivity contribution in [1.82, 2.24) is 16.0 Å². The fourth-order valence-corrected chi connectivity index (χ4v) is 3.54. The van der Waals surface area contributed by atoms with E-state index in [1.54, 1.807) is 12.1 Å². The number of urea groups is 1. The Hall–Kier alpha value is -3.30. The number of imide groups is 1. The number of ether oxygens (including phenoxy) is 3. The van der Waals surface area contributed by atoms with Crippen LogP contribution >= 0.6 is 0 Å². The Balaban J connectivity index is 1.73. The Labute approximate surface area is 193 Å². The molecule has 10 heteroatoms. The van der Waals surface area contributed by atoms with Gasteiger partial charge in [-0.15, -0.1) is 0 Å². The molecule has 1 aliphatic carbocycles. The lowest BCUT2D eigenvalue weighted by atomic mass is 9.86. The summed E-state index contributed by atoms with van der Waals surface area (Å²) in [5.74, 6) is -0.780. The van der Waals surface area contributed by atoms with E-state index in [-0.39, 0.29) is 11.6 Å². The van der Waals surface area contributed by atoms with Crippen LogP contribution < -0.4 is 25.4 Å². The molecule has 33 heavy (non-hydrogen) atoms. The maximum Gasteiger partial charge on any atom is 0.325 e. The lowest BCUT2D eigenvalue weighted by Gasteiger charge is -2.29. The number of esters is 1. The summed E-state index contributed by atoms with van der Waals surface area (Å²) >= 11 is 0. The number of rotatable bonds is 10. The molecule has 0 radical (unpaired) electrons. The van der Waals surface area contributed by atoms with Crippen molar-refractivity contribution in [2.24, 2.45) is 5.92 Å². The second-order valence-electron chi connectivity index (χ2n) is 7.76. The van der Waals surface area contributed by atoms with Crippen LogP contribution in [0, 0.1) is 5.92 Å². The van der Waals surface area contributed by atoms with Crippen molar-refractivity contribution >= 4 is 23.8 Å². The maximum atomic E-state index is 12.3. The molecule has 2 atom stereocenters. The van der Waals surface area contributed by atoms with E-state index >= 15 is 0 Å². The van der Waals surface area contributed by atoms with Gasteiger partial charge in [-0.05, 0) is 50.8 Å². The SMILES string of the molecule is CCOc1ccc(C(=O)NCC(=O)OCC(=O)NC(=O)NC2CCCCC2C)cc1OCC. The van der Waals surface area contributed by atoms with Gasteiger partial charge in [0.05, 0.1) is 13.2 Å². The maximum absolute atomic E-state index is 12.3. The minimum absolute atomic E-state index is 0.0233. The Bertz CT molecular complexity index is 843. The molecule has 1 fully saturated rings. The van der Waals surface area contributed by atoms with Crippen molar-refractivity contribution in [2.45, 2.75) is 52.5 Å². The zero-order chi connectivity index (χ0) is 24.2. The molecule has 3 N–H and O–H groups in total. The van der Waals surface area contributed by atoms with E-state index in [0.29, 0.717) is 30.6 Å². The summed E-state index contributed by atoms with van der Waals surface area (Å²) in [6.45, 7) is 5.51. The van der Waals surface area contributed by atoms with Crippen LogP contribution in [0.25, 0.3) is 0 Å². The van der Waals surface area contributed by atoms with Gasteiger partial charge >= 0.3 is 12.0 Å². The number of benzene rings is 1. The highest BCUT2D eigenvalue weighted by molar-refractivity contribution is 5.97. The summed E-state index contributed by atoms with van der Waals surface area (Å²) in [5.41, 5.74) is 0.279. The van der Waals surface area contributed by atoms with E-state index in [0.717, 1.165) is 25.7 Å². The van der Waals surface area contributed by atoms with Crippen LogP contribution in [0.5, 0.6) is 11.5 Å². The zero-order valence-electron chi connectivity index (χ0n) is 19.4. The highest BCUT2D eigenvalue weighted by Gasteiger charge is 2.23. The molecule has 4 amide bonds. The van der Waals surface area contributed by atoms with Crippen molar-refractivity contribution in [3.63, 3.8) is 0 Å². The summed E-state index contributed by atoms with van der Waals surface area (Å²) in [5, 5.41) is 7.35. The van der Waals surface area contributed by atoms with Gasteiger partial charge in [0, 0.05) is 11.6 Å². The minimum Gasteiger partial charge on any atom is -0.490 e. The van der Waals surface area contributed by atoms with E-state index in [1.165, 1.54) is 6.07 Å².